The van der Waals surface area contributed by atoms with E-state index in [1.54, 1.807) is 25.3 Å². The van der Waals surface area contributed by atoms with Gasteiger partial charge in [0, 0.05) is 18.8 Å². The number of anilines is 1. The molecule has 2 atom stereocenters. The smallest absolute Gasteiger partial charge is 0.241 e. The summed E-state index contributed by atoms with van der Waals surface area (Å²) in [7, 11) is -3.25. The highest BCUT2D eigenvalue weighted by Crippen LogP contribution is 2.19. The van der Waals surface area contributed by atoms with Gasteiger partial charge in [-0.2, -0.15) is 0 Å². The number of amides is 1. The molecule has 1 aliphatic heterocycles. The second-order valence-electron chi connectivity index (χ2n) is 5.73. The van der Waals surface area contributed by atoms with Gasteiger partial charge in [0.25, 0.3) is 0 Å². The lowest BCUT2D eigenvalue weighted by molar-refractivity contribution is -0.121. The SMILES string of the molecule is CC(C(=O)Nc1cccnc1Cl)N1CCCC(NS(C)(=O)=O)C1. The van der Waals surface area contributed by atoms with Crippen LogP contribution in [0.4, 0.5) is 5.69 Å². The van der Waals surface area contributed by atoms with Crippen LogP contribution in [0.25, 0.3) is 0 Å². The number of carbonyl (C=O) groups excluding carboxylic acids is 1. The van der Waals surface area contributed by atoms with Gasteiger partial charge in [-0.15, -0.1) is 0 Å². The van der Waals surface area contributed by atoms with E-state index >= 15 is 0 Å². The molecule has 9 heteroatoms. The summed E-state index contributed by atoms with van der Waals surface area (Å²) in [5.41, 5.74) is 0.467. The average Bonchev–Trinajstić information content (AvgIpc) is 2.47. The van der Waals surface area contributed by atoms with Crippen LogP contribution in [0, 0.1) is 0 Å². The average molecular weight is 361 g/mol. The van der Waals surface area contributed by atoms with Crippen molar-refractivity contribution >= 4 is 33.2 Å². The number of aromatic nitrogens is 1. The van der Waals surface area contributed by atoms with E-state index in [0.717, 1.165) is 25.6 Å². The maximum atomic E-state index is 12.4. The highest BCUT2D eigenvalue weighted by atomic mass is 35.5. The zero-order valence-corrected chi connectivity index (χ0v) is 14.7. The lowest BCUT2D eigenvalue weighted by Crippen LogP contribution is -2.52. The first kappa shape index (κ1) is 18.1. The molecule has 2 unspecified atom stereocenters. The van der Waals surface area contributed by atoms with Crippen molar-refractivity contribution in [3.63, 3.8) is 0 Å². The van der Waals surface area contributed by atoms with E-state index in [4.69, 9.17) is 11.6 Å². The van der Waals surface area contributed by atoms with Crippen molar-refractivity contribution in [2.45, 2.75) is 31.8 Å². The molecule has 128 valence electrons. The number of halogens is 1. The van der Waals surface area contributed by atoms with Gasteiger partial charge in [-0.1, -0.05) is 11.6 Å². The molecule has 2 heterocycles. The molecule has 23 heavy (non-hydrogen) atoms. The molecule has 1 aromatic rings. The standard InChI is InChI=1S/C14H21ClN4O3S/c1-10(14(20)17-12-6-3-7-16-13(12)15)19-8-4-5-11(9-19)18-23(2,21)22/h3,6-7,10-11,18H,4-5,8-9H2,1-2H3,(H,17,20). The van der Waals surface area contributed by atoms with E-state index in [9.17, 15) is 13.2 Å². The molecule has 7 nitrogen and oxygen atoms in total. The minimum Gasteiger partial charge on any atom is -0.322 e. The van der Waals surface area contributed by atoms with E-state index in [1.807, 2.05) is 4.90 Å². The molecule has 1 aliphatic rings. The van der Waals surface area contributed by atoms with Crippen molar-refractivity contribution in [3.05, 3.63) is 23.5 Å². The van der Waals surface area contributed by atoms with Crippen molar-refractivity contribution in [2.24, 2.45) is 0 Å². The number of nitrogens with one attached hydrogen (secondary N) is 2. The van der Waals surface area contributed by atoms with Crippen molar-refractivity contribution < 1.29 is 13.2 Å². The lowest BCUT2D eigenvalue weighted by Gasteiger charge is -2.36. The van der Waals surface area contributed by atoms with Gasteiger partial charge < -0.3 is 5.32 Å². The van der Waals surface area contributed by atoms with Crippen molar-refractivity contribution in [3.8, 4) is 0 Å². The molecule has 2 rings (SSSR count). The summed E-state index contributed by atoms with van der Waals surface area (Å²) in [4.78, 5) is 18.3. The van der Waals surface area contributed by atoms with Gasteiger partial charge in [0.15, 0.2) is 5.15 Å². The quantitative estimate of drug-likeness (QED) is 0.766. The van der Waals surface area contributed by atoms with Crippen LogP contribution in [0.3, 0.4) is 0 Å². The van der Waals surface area contributed by atoms with Gasteiger partial charge in [-0.25, -0.2) is 18.1 Å². The number of piperidine rings is 1. The van der Waals surface area contributed by atoms with Crippen LogP contribution in [-0.2, 0) is 14.8 Å². The van der Waals surface area contributed by atoms with Crippen LogP contribution < -0.4 is 10.0 Å². The maximum Gasteiger partial charge on any atom is 0.241 e. The van der Waals surface area contributed by atoms with Crippen LogP contribution in [0.5, 0.6) is 0 Å². The number of carbonyl (C=O) groups is 1. The fraction of sp³-hybridized carbons (Fsp3) is 0.571. The molecule has 1 aromatic heterocycles. The summed E-state index contributed by atoms with van der Waals surface area (Å²) >= 11 is 5.94. The predicted molar refractivity (Wildman–Crippen MR) is 89.9 cm³/mol. The molecule has 0 aromatic carbocycles. The number of likely N-dealkylation sites (tertiary alicyclic amines) is 1. The normalized spacial score (nSPS) is 20.9. The highest BCUT2D eigenvalue weighted by molar-refractivity contribution is 7.88. The third kappa shape index (κ3) is 5.42. The Bertz CT molecular complexity index is 668. The second-order valence-corrected chi connectivity index (χ2v) is 7.87. The largest absolute Gasteiger partial charge is 0.322 e. The Hall–Kier alpha value is -1.22. The minimum absolute atomic E-state index is 0.170. The topological polar surface area (TPSA) is 91.4 Å². The van der Waals surface area contributed by atoms with E-state index in [0.29, 0.717) is 12.2 Å². The number of hydrogen-bond donors (Lipinski definition) is 2. The Morgan fingerprint density at radius 1 is 1.52 bits per heavy atom. The Morgan fingerprint density at radius 3 is 2.91 bits per heavy atom. The molecule has 1 amide bonds. The summed E-state index contributed by atoms with van der Waals surface area (Å²) in [5.74, 6) is -0.195. The molecule has 1 fully saturated rings. The summed E-state index contributed by atoms with van der Waals surface area (Å²) in [6.45, 7) is 3.04. The van der Waals surface area contributed by atoms with Crippen LogP contribution in [0.2, 0.25) is 5.15 Å². The third-order valence-electron chi connectivity index (χ3n) is 3.78. The highest BCUT2D eigenvalue weighted by Gasteiger charge is 2.28. The molecular weight excluding hydrogens is 340 g/mol. The first-order valence-electron chi connectivity index (χ1n) is 7.39. The summed E-state index contributed by atoms with van der Waals surface area (Å²) in [6.07, 6.45) is 4.30. The number of sulfonamides is 1. The fourth-order valence-corrected chi connectivity index (χ4v) is 3.60. The van der Waals surface area contributed by atoms with E-state index in [-0.39, 0.29) is 17.1 Å². The van der Waals surface area contributed by atoms with Crippen molar-refractivity contribution in [1.29, 1.82) is 0 Å². The van der Waals surface area contributed by atoms with E-state index in [2.05, 4.69) is 15.0 Å². The molecule has 0 saturated carbocycles. The first-order chi connectivity index (χ1) is 10.8. The molecule has 0 spiro atoms. The van der Waals surface area contributed by atoms with Crippen LogP contribution in [0.15, 0.2) is 18.3 Å². The Morgan fingerprint density at radius 2 is 2.26 bits per heavy atom. The zero-order valence-electron chi connectivity index (χ0n) is 13.1. The van der Waals surface area contributed by atoms with Gasteiger partial charge in [0.2, 0.25) is 15.9 Å². The van der Waals surface area contributed by atoms with Gasteiger partial charge in [0.05, 0.1) is 18.0 Å². The molecule has 0 aliphatic carbocycles. The Labute approximate surface area is 141 Å². The van der Waals surface area contributed by atoms with Crippen molar-refractivity contribution in [1.82, 2.24) is 14.6 Å². The fourth-order valence-electron chi connectivity index (χ4n) is 2.64. The predicted octanol–water partition coefficient (Wildman–Crippen LogP) is 1.08. The van der Waals surface area contributed by atoms with Gasteiger partial charge in [0.1, 0.15) is 0 Å². The van der Waals surface area contributed by atoms with Crippen LogP contribution >= 0.6 is 11.6 Å². The van der Waals surface area contributed by atoms with E-state index in [1.165, 1.54) is 0 Å². The third-order valence-corrected chi connectivity index (χ3v) is 4.84. The number of rotatable bonds is 5. The first-order valence-corrected chi connectivity index (χ1v) is 9.66. The Balaban J connectivity index is 1.97. The molecule has 0 bridgehead atoms. The van der Waals surface area contributed by atoms with Gasteiger partial charge in [-0.3, -0.25) is 9.69 Å². The second kappa shape index (κ2) is 7.57. The summed E-state index contributed by atoms with van der Waals surface area (Å²) in [6, 6.07) is 2.81. The van der Waals surface area contributed by atoms with Crippen molar-refractivity contribution in [2.75, 3.05) is 24.7 Å². The van der Waals surface area contributed by atoms with Gasteiger partial charge in [-0.05, 0) is 38.4 Å². The number of nitrogens with zero attached hydrogens (tertiary/aromatic N) is 2. The maximum absolute atomic E-state index is 12.4. The molecular formula is C14H21ClN4O3S. The lowest BCUT2D eigenvalue weighted by atomic mass is 10.0. The van der Waals surface area contributed by atoms with Gasteiger partial charge >= 0.3 is 0 Å². The molecule has 0 radical (unpaired) electrons. The Kier molecular flexibility index (Phi) is 5.96. The number of hydrogen-bond acceptors (Lipinski definition) is 5. The van der Waals surface area contributed by atoms with Crippen LogP contribution in [-0.4, -0.2) is 55.6 Å². The molecule has 1 saturated heterocycles. The summed E-state index contributed by atoms with van der Waals surface area (Å²) < 4.78 is 25.3. The number of pyridine rings is 1. The minimum atomic E-state index is -3.25. The zero-order chi connectivity index (χ0) is 17.0. The van der Waals surface area contributed by atoms with E-state index < -0.39 is 16.1 Å². The monoisotopic (exact) mass is 360 g/mol. The summed E-state index contributed by atoms with van der Waals surface area (Å²) in [5, 5.41) is 3.00. The van der Waals surface area contributed by atoms with Crippen LogP contribution in [0.1, 0.15) is 19.8 Å². The molecule has 2 N–H and O–H groups in total.